The molecule has 1 unspecified atom stereocenters. The number of fused-ring (bicyclic) bond motifs is 1. The van der Waals surface area contributed by atoms with E-state index in [-0.39, 0.29) is 36.6 Å². The first-order chi connectivity index (χ1) is 21.3. The molecule has 2 aromatic rings. The molecule has 2 aromatic carbocycles. The number of hydrogen-bond acceptors (Lipinski definition) is 6. The molecule has 1 N–H and O–H groups in total. The fourth-order valence-electron chi connectivity index (χ4n) is 6.85. The van der Waals surface area contributed by atoms with Crippen LogP contribution in [0.1, 0.15) is 64.0 Å². The lowest BCUT2D eigenvalue weighted by molar-refractivity contribution is -0.884. The third-order valence-electron chi connectivity index (χ3n) is 8.75. The second-order valence-corrected chi connectivity index (χ2v) is 14.1. The van der Waals surface area contributed by atoms with Crippen LogP contribution in [0.2, 0.25) is 0 Å². The van der Waals surface area contributed by atoms with Crippen molar-refractivity contribution in [3.05, 3.63) is 59.7 Å². The van der Waals surface area contributed by atoms with E-state index in [2.05, 4.69) is 65.0 Å². The minimum Gasteiger partial charge on any atom is -0.493 e. The van der Waals surface area contributed by atoms with Gasteiger partial charge in [-0.1, -0.05) is 51.5 Å². The summed E-state index contributed by atoms with van der Waals surface area (Å²) in [4.78, 5) is 31.3. The number of allylic oxidation sites excluding steroid dienone is 2. The number of benzene rings is 2. The fourth-order valence-corrected chi connectivity index (χ4v) is 6.85. The maximum atomic E-state index is 14.3. The van der Waals surface area contributed by atoms with Crippen LogP contribution in [0.25, 0.3) is 0 Å². The molecule has 246 valence electrons. The highest BCUT2D eigenvalue weighted by molar-refractivity contribution is 5.95. The number of nitrogens with zero attached hydrogens (tertiary/aromatic N) is 3. The zero-order chi connectivity index (χ0) is 32.9. The first-order valence-electron chi connectivity index (χ1n) is 16.0. The van der Waals surface area contributed by atoms with Gasteiger partial charge in [0.25, 0.3) is 0 Å². The van der Waals surface area contributed by atoms with Gasteiger partial charge in [-0.15, -0.1) is 0 Å². The Labute approximate surface area is 268 Å². The van der Waals surface area contributed by atoms with Gasteiger partial charge in [-0.05, 0) is 55.0 Å². The van der Waals surface area contributed by atoms with Crippen molar-refractivity contribution in [3.8, 4) is 17.2 Å². The summed E-state index contributed by atoms with van der Waals surface area (Å²) < 4.78 is 17.7. The number of methoxy groups -OCH3 is 1. The van der Waals surface area contributed by atoms with Crippen LogP contribution in [0.3, 0.4) is 0 Å². The Morgan fingerprint density at radius 3 is 2.58 bits per heavy atom. The van der Waals surface area contributed by atoms with Gasteiger partial charge in [-0.25, -0.2) is 0 Å². The number of ether oxygens (including phenoxy) is 3. The lowest BCUT2D eigenvalue weighted by atomic mass is 9.77. The zero-order valence-electron chi connectivity index (χ0n) is 28.3. The minimum atomic E-state index is -0.872. The van der Waals surface area contributed by atoms with E-state index in [0.29, 0.717) is 36.8 Å². The predicted octanol–water partition coefficient (Wildman–Crippen LogP) is 5.92. The average molecular weight is 623 g/mol. The summed E-state index contributed by atoms with van der Waals surface area (Å²) in [6, 6.07) is 11.6. The quantitative estimate of drug-likeness (QED) is 0.207. The van der Waals surface area contributed by atoms with E-state index in [9.17, 15) is 14.7 Å². The second kappa shape index (κ2) is 14.3. The van der Waals surface area contributed by atoms with Crippen LogP contribution in [-0.4, -0.2) is 87.1 Å². The highest BCUT2D eigenvalue weighted by Gasteiger charge is 2.49. The summed E-state index contributed by atoms with van der Waals surface area (Å²) in [6.07, 6.45) is 6.56. The number of carbonyl (C=O) groups excluding carboxylic acids is 1. The molecule has 2 aliphatic rings. The molecule has 9 nitrogen and oxygen atoms in total. The Balaban J connectivity index is 1.71. The van der Waals surface area contributed by atoms with Gasteiger partial charge < -0.3 is 28.7 Å². The smallest absolute Gasteiger partial charge is 0.308 e. The van der Waals surface area contributed by atoms with Gasteiger partial charge in [-0.2, -0.15) is 0 Å². The molecule has 0 aromatic heterocycles. The molecule has 2 aliphatic heterocycles. The number of carboxylic acids is 1. The molecule has 0 aliphatic carbocycles. The van der Waals surface area contributed by atoms with Crippen molar-refractivity contribution in [3.63, 3.8) is 0 Å². The standard InChI is InChI=1S/C36H51N3O6/c1-9-11-16-38(27-14-12-13-25(17-27)23-39(5,6)7)32(40)22-37-21-28(26-18-30(43-8)34-31(19-26)44-24-45-34)33(35(41)42)29(37)20-36(3,4)15-10-2/h10,12-15,17-19,28-29,33H,9,11,16,20-24H2,1-8H3/p+1/t28-,29+,33?/m1/s1. The van der Waals surface area contributed by atoms with E-state index in [1.54, 1.807) is 7.11 Å². The molecule has 1 amide bonds. The lowest BCUT2D eigenvalue weighted by Crippen LogP contribution is -2.45. The van der Waals surface area contributed by atoms with Crippen molar-refractivity contribution in [2.45, 2.75) is 65.5 Å². The molecule has 1 saturated heterocycles. The molecule has 45 heavy (non-hydrogen) atoms. The van der Waals surface area contributed by atoms with Crippen LogP contribution < -0.4 is 19.1 Å². The van der Waals surface area contributed by atoms with Gasteiger partial charge in [0.2, 0.25) is 18.4 Å². The summed E-state index contributed by atoms with van der Waals surface area (Å²) >= 11 is 0. The highest BCUT2D eigenvalue weighted by Crippen LogP contribution is 2.48. The number of rotatable bonds is 14. The highest BCUT2D eigenvalue weighted by atomic mass is 16.7. The summed E-state index contributed by atoms with van der Waals surface area (Å²) in [5.74, 6) is -0.400. The Bertz CT molecular complexity index is 1380. The Kier molecular flexibility index (Phi) is 10.9. The molecular weight excluding hydrogens is 570 g/mol. The number of likely N-dealkylation sites (tertiary alicyclic amines) is 1. The summed E-state index contributed by atoms with van der Waals surface area (Å²) in [7, 11) is 8.03. The van der Waals surface area contributed by atoms with Crippen molar-refractivity contribution in [1.82, 2.24) is 4.90 Å². The van der Waals surface area contributed by atoms with Crippen LogP contribution in [0.15, 0.2) is 48.6 Å². The number of quaternary nitrogens is 1. The number of amides is 1. The molecule has 0 bridgehead atoms. The predicted molar refractivity (Wildman–Crippen MR) is 177 cm³/mol. The minimum absolute atomic E-state index is 0.0206. The fraction of sp³-hybridized carbons (Fsp3) is 0.556. The van der Waals surface area contributed by atoms with E-state index in [0.717, 1.165) is 35.1 Å². The van der Waals surface area contributed by atoms with Gasteiger partial charge in [-0.3, -0.25) is 14.5 Å². The SMILES string of the molecule is CC=CC(C)(C)C[C@H]1C(C(=O)O)[C@@H](c2cc(OC)c3c(c2)OCO3)CN1CC(=O)N(CCCC)c1cccc(C[N+](C)(C)C)c1. The van der Waals surface area contributed by atoms with Crippen molar-refractivity contribution >= 4 is 17.6 Å². The van der Waals surface area contributed by atoms with Crippen molar-refractivity contribution < 1.29 is 33.4 Å². The normalized spacial score (nSPS) is 20.1. The number of hydrogen-bond donors (Lipinski definition) is 1. The molecule has 1 fully saturated rings. The van der Waals surface area contributed by atoms with E-state index in [4.69, 9.17) is 14.2 Å². The monoisotopic (exact) mass is 622 g/mol. The summed E-state index contributed by atoms with van der Waals surface area (Å²) in [5.41, 5.74) is 2.60. The van der Waals surface area contributed by atoms with E-state index in [1.165, 1.54) is 5.56 Å². The Hall–Kier alpha value is -3.56. The molecule has 3 atom stereocenters. The molecule has 0 radical (unpaired) electrons. The number of unbranched alkanes of at least 4 members (excludes halogenated alkanes) is 1. The van der Waals surface area contributed by atoms with E-state index >= 15 is 0 Å². The van der Waals surface area contributed by atoms with Gasteiger partial charge in [0.15, 0.2) is 11.5 Å². The number of aliphatic carboxylic acids is 1. The lowest BCUT2D eigenvalue weighted by Gasteiger charge is -2.34. The molecule has 4 rings (SSSR count). The molecule has 9 heteroatoms. The van der Waals surface area contributed by atoms with Gasteiger partial charge in [0.1, 0.15) is 6.54 Å². The third-order valence-corrected chi connectivity index (χ3v) is 8.75. The zero-order valence-corrected chi connectivity index (χ0v) is 28.3. The van der Waals surface area contributed by atoms with E-state index < -0.39 is 11.9 Å². The van der Waals surface area contributed by atoms with Gasteiger partial charge in [0.05, 0.1) is 40.7 Å². The van der Waals surface area contributed by atoms with Crippen molar-refractivity contribution in [1.29, 1.82) is 0 Å². The Morgan fingerprint density at radius 2 is 1.93 bits per heavy atom. The molecular formula is C36H52N3O6+. The first-order valence-corrected chi connectivity index (χ1v) is 16.0. The van der Waals surface area contributed by atoms with Gasteiger partial charge >= 0.3 is 5.97 Å². The van der Waals surface area contributed by atoms with Crippen LogP contribution in [0.4, 0.5) is 5.69 Å². The maximum absolute atomic E-state index is 14.3. The topological polar surface area (TPSA) is 88.5 Å². The van der Waals surface area contributed by atoms with Crippen molar-refractivity contribution in [2.75, 3.05) is 59.6 Å². The van der Waals surface area contributed by atoms with Crippen LogP contribution in [0, 0.1) is 11.3 Å². The summed E-state index contributed by atoms with van der Waals surface area (Å²) in [6.45, 7) is 10.4. The summed E-state index contributed by atoms with van der Waals surface area (Å²) in [5, 5.41) is 10.7. The third kappa shape index (κ3) is 8.38. The van der Waals surface area contributed by atoms with Crippen LogP contribution in [0.5, 0.6) is 17.2 Å². The maximum Gasteiger partial charge on any atom is 0.308 e. The second-order valence-electron chi connectivity index (χ2n) is 14.1. The average Bonchev–Trinajstić information content (AvgIpc) is 3.56. The number of carboxylic acid groups (broad SMARTS) is 1. The largest absolute Gasteiger partial charge is 0.493 e. The molecule has 0 saturated carbocycles. The van der Waals surface area contributed by atoms with Crippen LogP contribution in [-0.2, 0) is 16.1 Å². The Morgan fingerprint density at radius 1 is 1.18 bits per heavy atom. The number of anilines is 1. The van der Waals surface area contributed by atoms with Crippen molar-refractivity contribution in [2.24, 2.45) is 11.3 Å². The first kappa shape index (κ1) is 34.3. The molecule has 0 spiro atoms. The van der Waals surface area contributed by atoms with Crippen LogP contribution >= 0.6 is 0 Å². The molecule has 2 heterocycles. The van der Waals surface area contributed by atoms with E-state index in [1.807, 2.05) is 42.2 Å². The number of carbonyl (C=O) groups is 2. The van der Waals surface area contributed by atoms with Gasteiger partial charge in [0, 0.05) is 36.3 Å².